The largest absolute Gasteiger partial charge is 0.392 e. The first-order valence-corrected chi connectivity index (χ1v) is 6.86. The van der Waals surface area contributed by atoms with Gasteiger partial charge in [0, 0.05) is 13.1 Å². The van der Waals surface area contributed by atoms with Crippen LogP contribution in [0.15, 0.2) is 0 Å². The molecule has 1 rings (SSSR count). The van der Waals surface area contributed by atoms with Gasteiger partial charge in [0.05, 0.1) is 4.99 Å². The van der Waals surface area contributed by atoms with Crippen LogP contribution in [0.2, 0.25) is 0 Å². The van der Waals surface area contributed by atoms with Crippen molar-refractivity contribution in [3.8, 4) is 0 Å². The van der Waals surface area contributed by atoms with E-state index in [-0.39, 0.29) is 10.4 Å². The van der Waals surface area contributed by atoms with Crippen LogP contribution in [0.4, 0.5) is 0 Å². The first-order chi connectivity index (χ1) is 6.67. The Hall–Kier alpha value is -0.200. The summed E-state index contributed by atoms with van der Waals surface area (Å²) in [6.07, 6.45) is 0.885. The Kier molecular flexibility index (Phi) is 3.42. The minimum absolute atomic E-state index is 0.0414. The van der Waals surface area contributed by atoms with Crippen LogP contribution < -0.4 is 5.73 Å². The topological polar surface area (TPSA) is 63.4 Å². The van der Waals surface area contributed by atoms with Crippen molar-refractivity contribution in [3.63, 3.8) is 0 Å². The van der Waals surface area contributed by atoms with Crippen molar-refractivity contribution >= 4 is 27.2 Å². The standard InChI is InChI=1S/C9H18N2O2S2/c1-7(8(10)14)15(12,13)11-5-4-9(2,3)6-11/h7H,4-6H2,1-3H3,(H2,10,14). The van der Waals surface area contributed by atoms with Gasteiger partial charge in [0.15, 0.2) is 0 Å². The van der Waals surface area contributed by atoms with E-state index in [1.165, 1.54) is 4.31 Å². The van der Waals surface area contributed by atoms with Gasteiger partial charge in [0.2, 0.25) is 10.0 Å². The van der Waals surface area contributed by atoms with Gasteiger partial charge in [-0.3, -0.25) is 0 Å². The Morgan fingerprint density at radius 2 is 2.07 bits per heavy atom. The maximum Gasteiger partial charge on any atom is 0.223 e. The van der Waals surface area contributed by atoms with E-state index in [4.69, 9.17) is 18.0 Å². The molecule has 4 nitrogen and oxygen atoms in total. The van der Waals surface area contributed by atoms with Crippen molar-refractivity contribution < 1.29 is 8.42 Å². The second-order valence-corrected chi connectivity index (χ2v) is 7.56. The van der Waals surface area contributed by atoms with Crippen LogP contribution in [0.5, 0.6) is 0 Å². The second-order valence-electron chi connectivity index (χ2n) is 4.84. The zero-order valence-corrected chi connectivity index (χ0v) is 11.0. The molecule has 2 N–H and O–H groups in total. The van der Waals surface area contributed by atoms with Crippen molar-refractivity contribution in [1.29, 1.82) is 0 Å². The van der Waals surface area contributed by atoms with Gasteiger partial charge in [-0.15, -0.1) is 0 Å². The molecule has 0 amide bonds. The van der Waals surface area contributed by atoms with E-state index in [1.807, 2.05) is 0 Å². The second kappa shape index (κ2) is 3.99. The highest BCUT2D eigenvalue weighted by Gasteiger charge is 2.39. The van der Waals surface area contributed by atoms with E-state index in [9.17, 15) is 8.42 Å². The first kappa shape index (κ1) is 12.9. The van der Waals surface area contributed by atoms with Crippen molar-refractivity contribution in [1.82, 2.24) is 4.31 Å². The maximum absolute atomic E-state index is 12.0. The van der Waals surface area contributed by atoms with E-state index < -0.39 is 15.3 Å². The van der Waals surface area contributed by atoms with E-state index in [0.717, 1.165) is 6.42 Å². The highest BCUT2D eigenvalue weighted by Crippen LogP contribution is 2.31. The lowest BCUT2D eigenvalue weighted by Crippen LogP contribution is -2.42. The van der Waals surface area contributed by atoms with Crippen LogP contribution in [-0.2, 0) is 10.0 Å². The van der Waals surface area contributed by atoms with Crippen molar-refractivity contribution in [2.75, 3.05) is 13.1 Å². The molecule has 0 aliphatic carbocycles. The molecule has 1 heterocycles. The number of hydrogen-bond acceptors (Lipinski definition) is 3. The molecular formula is C9H18N2O2S2. The van der Waals surface area contributed by atoms with Gasteiger partial charge in [-0.2, -0.15) is 0 Å². The lowest BCUT2D eigenvalue weighted by Gasteiger charge is -2.22. The number of nitrogens with zero attached hydrogens (tertiary/aromatic N) is 1. The summed E-state index contributed by atoms with van der Waals surface area (Å²) >= 11 is 4.73. The first-order valence-electron chi connectivity index (χ1n) is 4.95. The Balaban J connectivity index is 2.86. The van der Waals surface area contributed by atoms with E-state index in [2.05, 4.69) is 13.8 Å². The molecule has 0 aromatic rings. The number of thiocarbonyl (C=S) groups is 1. The van der Waals surface area contributed by atoms with Crippen LogP contribution in [-0.4, -0.2) is 36.1 Å². The Morgan fingerprint density at radius 3 is 2.40 bits per heavy atom. The Labute approximate surface area is 96.9 Å². The molecule has 0 aromatic heterocycles. The highest BCUT2D eigenvalue weighted by molar-refractivity contribution is 7.92. The number of sulfonamides is 1. The quantitative estimate of drug-likeness (QED) is 0.750. The van der Waals surface area contributed by atoms with Crippen LogP contribution in [0.1, 0.15) is 27.2 Å². The smallest absolute Gasteiger partial charge is 0.223 e. The lowest BCUT2D eigenvalue weighted by atomic mass is 9.93. The summed E-state index contributed by atoms with van der Waals surface area (Å²) in [5, 5.41) is -0.763. The average molecular weight is 250 g/mol. The molecule has 0 saturated carbocycles. The summed E-state index contributed by atoms with van der Waals surface area (Å²) in [7, 11) is -3.34. The normalized spacial score (nSPS) is 23.9. The van der Waals surface area contributed by atoms with Gasteiger partial charge in [-0.05, 0) is 18.8 Å². The summed E-state index contributed by atoms with van der Waals surface area (Å²) in [4.78, 5) is 0.0414. The molecule has 1 atom stereocenters. The lowest BCUT2D eigenvalue weighted by molar-refractivity contribution is 0.375. The van der Waals surface area contributed by atoms with Gasteiger partial charge in [-0.25, -0.2) is 12.7 Å². The summed E-state index contributed by atoms with van der Waals surface area (Å²) in [6.45, 7) is 6.80. The SMILES string of the molecule is CC(C(N)=S)S(=O)(=O)N1CCC(C)(C)C1. The predicted octanol–water partition coefficient (Wildman–Crippen LogP) is 0.723. The number of hydrogen-bond donors (Lipinski definition) is 1. The summed E-state index contributed by atoms with van der Waals surface area (Å²) in [5.41, 5.74) is 5.44. The zero-order chi connectivity index (χ0) is 11.9. The summed E-state index contributed by atoms with van der Waals surface area (Å²) < 4.78 is 25.5. The summed E-state index contributed by atoms with van der Waals surface area (Å²) in [6, 6.07) is 0. The van der Waals surface area contributed by atoms with E-state index in [1.54, 1.807) is 6.92 Å². The van der Waals surface area contributed by atoms with Crippen LogP contribution in [0.3, 0.4) is 0 Å². The van der Waals surface area contributed by atoms with E-state index >= 15 is 0 Å². The minimum Gasteiger partial charge on any atom is -0.392 e. The molecule has 15 heavy (non-hydrogen) atoms. The molecule has 1 unspecified atom stereocenters. The van der Waals surface area contributed by atoms with Gasteiger partial charge in [-0.1, -0.05) is 26.1 Å². The van der Waals surface area contributed by atoms with Gasteiger partial charge in [0.25, 0.3) is 0 Å². The van der Waals surface area contributed by atoms with Gasteiger partial charge < -0.3 is 5.73 Å². The number of rotatable bonds is 3. The molecule has 88 valence electrons. The molecular weight excluding hydrogens is 232 g/mol. The molecule has 1 fully saturated rings. The van der Waals surface area contributed by atoms with Crippen LogP contribution >= 0.6 is 12.2 Å². The molecule has 1 aliphatic rings. The highest BCUT2D eigenvalue weighted by atomic mass is 32.2. The fourth-order valence-electron chi connectivity index (χ4n) is 1.65. The Morgan fingerprint density at radius 1 is 1.53 bits per heavy atom. The predicted molar refractivity (Wildman–Crippen MR) is 65.1 cm³/mol. The maximum atomic E-state index is 12.0. The third-order valence-electron chi connectivity index (χ3n) is 2.85. The molecule has 0 aromatic carbocycles. The molecule has 1 saturated heterocycles. The molecule has 0 radical (unpaired) electrons. The van der Waals surface area contributed by atoms with Gasteiger partial charge in [0.1, 0.15) is 5.25 Å². The third-order valence-corrected chi connectivity index (χ3v) is 5.53. The third kappa shape index (κ3) is 2.68. The van der Waals surface area contributed by atoms with Crippen LogP contribution in [0, 0.1) is 5.41 Å². The Bertz CT molecular complexity index is 362. The molecule has 6 heteroatoms. The van der Waals surface area contributed by atoms with E-state index in [0.29, 0.717) is 13.1 Å². The fourth-order valence-corrected chi connectivity index (χ4v) is 3.63. The monoisotopic (exact) mass is 250 g/mol. The van der Waals surface area contributed by atoms with Gasteiger partial charge >= 0.3 is 0 Å². The van der Waals surface area contributed by atoms with Crippen LogP contribution in [0.25, 0.3) is 0 Å². The van der Waals surface area contributed by atoms with Crippen molar-refractivity contribution in [2.24, 2.45) is 11.1 Å². The van der Waals surface area contributed by atoms with Crippen molar-refractivity contribution in [2.45, 2.75) is 32.4 Å². The number of nitrogens with two attached hydrogens (primary N) is 1. The minimum atomic E-state index is -3.34. The zero-order valence-electron chi connectivity index (χ0n) is 9.36. The summed E-state index contributed by atoms with van der Waals surface area (Å²) in [5.74, 6) is 0. The molecule has 0 spiro atoms. The molecule has 1 aliphatic heterocycles. The fraction of sp³-hybridized carbons (Fsp3) is 0.889. The van der Waals surface area contributed by atoms with Crippen molar-refractivity contribution in [3.05, 3.63) is 0 Å². The molecule has 0 bridgehead atoms. The average Bonchev–Trinajstić information content (AvgIpc) is 2.45.